The highest BCUT2D eigenvalue weighted by atomic mass is 28.4. The smallest absolute Gasteiger partial charge is 0.250 e. The summed E-state index contributed by atoms with van der Waals surface area (Å²) in [6.45, 7) is 15.7. The average Bonchev–Trinajstić information content (AvgIpc) is 2.46. The summed E-state index contributed by atoms with van der Waals surface area (Å²) in [7, 11) is -2.01. The summed E-state index contributed by atoms with van der Waals surface area (Å²) < 4.78 is 6.31. The first-order valence-electron chi connectivity index (χ1n) is 8.74. The van der Waals surface area contributed by atoms with Crippen LogP contribution in [0.3, 0.4) is 0 Å². The van der Waals surface area contributed by atoms with Gasteiger partial charge in [-0.05, 0) is 38.1 Å². The Labute approximate surface area is 146 Å². The van der Waals surface area contributed by atoms with Crippen LogP contribution in [0.4, 0.5) is 0 Å². The second kappa shape index (κ2) is 7.67. The lowest BCUT2D eigenvalue weighted by atomic mass is 9.87. The molecule has 138 valence electrons. The molecule has 0 unspecified atom stereocenters. The number of carbonyl (C=O) groups is 1. The van der Waals surface area contributed by atoms with Crippen LogP contribution in [0, 0.1) is 16.0 Å². The number of hydrogen-bond donors (Lipinski definition) is 0. The van der Waals surface area contributed by atoms with E-state index in [-0.39, 0.29) is 22.3 Å². The van der Waals surface area contributed by atoms with Crippen LogP contribution in [0.5, 0.6) is 0 Å². The van der Waals surface area contributed by atoms with Gasteiger partial charge in [-0.1, -0.05) is 20.8 Å². The van der Waals surface area contributed by atoms with Gasteiger partial charge in [0.05, 0.1) is 5.76 Å². The number of carbonyl (C=O) groups excluding carboxylic acids is 1. The van der Waals surface area contributed by atoms with Gasteiger partial charge in [0.15, 0.2) is 0 Å². The van der Waals surface area contributed by atoms with Crippen LogP contribution in [-0.2, 0) is 9.22 Å². The Balaban J connectivity index is 3.02. The van der Waals surface area contributed by atoms with Crippen molar-refractivity contribution in [2.24, 2.45) is 5.92 Å². The highest BCUT2D eigenvalue weighted by Crippen LogP contribution is 2.40. The third-order valence-electron chi connectivity index (χ3n) is 5.33. The van der Waals surface area contributed by atoms with Crippen LogP contribution in [0.1, 0.15) is 47.5 Å². The fourth-order valence-electron chi connectivity index (χ4n) is 2.67. The van der Waals surface area contributed by atoms with Gasteiger partial charge >= 0.3 is 0 Å². The number of amides is 1. The van der Waals surface area contributed by atoms with Gasteiger partial charge in [-0.3, -0.25) is 14.9 Å². The van der Waals surface area contributed by atoms with E-state index >= 15 is 0 Å². The predicted octanol–water partition coefficient (Wildman–Crippen LogP) is 3.82. The maximum atomic E-state index is 12.7. The molecule has 0 N–H and O–H groups in total. The van der Waals surface area contributed by atoms with Crippen molar-refractivity contribution >= 4 is 14.2 Å². The molecule has 1 aliphatic rings. The molecule has 0 aliphatic heterocycles. The van der Waals surface area contributed by atoms with Gasteiger partial charge in [-0.15, -0.1) is 0 Å². The maximum Gasteiger partial charge on any atom is 0.250 e. The van der Waals surface area contributed by atoms with Crippen LogP contribution in [0.15, 0.2) is 11.8 Å². The Morgan fingerprint density at radius 1 is 1.38 bits per heavy atom. The Bertz CT molecular complexity index is 507. The van der Waals surface area contributed by atoms with Gasteiger partial charge in [0.25, 0.3) is 0 Å². The highest BCUT2D eigenvalue weighted by Gasteiger charge is 2.44. The van der Waals surface area contributed by atoms with Crippen molar-refractivity contribution in [3.8, 4) is 0 Å². The number of nitro groups is 1. The molecule has 0 heterocycles. The molecule has 0 aromatic carbocycles. The monoisotopic (exact) mass is 356 g/mol. The molecule has 1 amide bonds. The summed E-state index contributed by atoms with van der Waals surface area (Å²) in [5.74, 6) is -0.0130. The Hall–Kier alpha value is -1.37. The first-order valence-corrected chi connectivity index (χ1v) is 11.7. The average molecular weight is 357 g/mol. The van der Waals surface area contributed by atoms with E-state index in [1.54, 1.807) is 4.90 Å². The number of hydrogen-bond acceptors (Lipinski definition) is 4. The molecule has 7 heteroatoms. The van der Waals surface area contributed by atoms with E-state index in [2.05, 4.69) is 33.9 Å². The molecule has 0 aromatic heterocycles. The van der Waals surface area contributed by atoms with Crippen molar-refractivity contribution in [1.82, 2.24) is 4.90 Å². The van der Waals surface area contributed by atoms with Crippen molar-refractivity contribution in [2.75, 3.05) is 13.1 Å². The van der Waals surface area contributed by atoms with E-state index in [1.165, 1.54) is 0 Å². The van der Waals surface area contributed by atoms with E-state index in [0.29, 0.717) is 19.5 Å². The molecule has 0 fully saturated rings. The Morgan fingerprint density at radius 3 is 2.33 bits per heavy atom. The first-order chi connectivity index (χ1) is 10.9. The summed E-state index contributed by atoms with van der Waals surface area (Å²) in [6, 6.07) is -0.857. The molecular formula is C17H32N2O4Si. The normalized spacial score (nSPS) is 21.9. The van der Waals surface area contributed by atoms with Crippen molar-refractivity contribution in [3.05, 3.63) is 21.9 Å². The topological polar surface area (TPSA) is 72.7 Å². The predicted molar refractivity (Wildman–Crippen MR) is 97.8 cm³/mol. The lowest BCUT2D eigenvalue weighted by Gasteiger charge is -2.39. The van der Waals surface area contributed by atoms with Gasteiger partial charge in [-0.2, -0.15) is 0 Å². The molecule has 0 saturated heterocycles. The molecule has 0 spiro atoms. The number of nitrogens with zero attached hydrogens (tertiary/aromatic N) is 2. The van der Waals surface area contributed by atoms with Crippen LogP contribution in [-0.4, -0.2) is 43.2 Å². The van der Waals surface area contributed by atoms with Crippen molar-refractivity contribution in [1.29, 1.82) is 0 Å². The molecule has 0 aromatic rings. The standard InChI is InChI=1S/C17H32N2O4Si/c1-8-18(9-2)16(20)14-12-13(10-11-15(14)19(21)22)23-24(6,7)17(3,4)5/h10,14-15H,8-9,11-12H2,1-7H3/t14-,15-/m0/s1. The summed E-state index contributed by atoms with van der Waals surface area (Å²) >= 11 is 0. The molecule has 1 aliphatic carbocycles. The van der Waals surface area contributed by atoms with Crippen LogP contribution in [0.25, 0.3) is 0 Å². The van der Waals surface area contributed by atoms with Crippen LogP contribution < -0.4 is 0 Å². The highest BCUT2D eigenvalue weighted by molar-refractivity contribution is 6.74. The van der Waals surface area contributed by atoms with Crippen molar-refractivity contribution in [3.63, 3.8) is 0 Å². The third kappa shape index (κ3) is 4.59. The Kier molecular flexibility index (Phi) is 6.61. The minimum atomic E-state index is -2.01. The molecule has 1 rings (SSSR count). The summed E-state index contributed by atoms with van der Waals surface area (Å²) in [4.78, 5) is 25.5. The Morgan fingerprint density at radius 2 is 1.92 bits per heavy atom. The molecule has 0 bridgehead atoms. The van der Waals surface area contributed by atoms with E-state index < -0.39 is 20.3 Å². The van der Waals surface area contributed by atoms with Gasteiger partial charge in [-0.25, -0.2) is 0 Å². The molecule has 0 saturated carbocycles. The number of allylic oxidation sites excluding steroid dienone is 1. The molecular weight excluding hydrogens is 324 g/mol. The fourth-order valence-corrected chi connectivity index (χ4v) is 3.80. The second-order valence-corrected chi connectivity index (χ2v) is 12.7. The maximum absolute atomic E-state index is 12.7. The van der Waals surface area contributed by atoms with Gasteiger partial charge in [0, 0.05) is 30.9 Å². The zero-order valence-corrected chi connectivity index (χ0v) is 17.1. The van der Waals surface area contributed by atoms with Crippen molar-refractivity contribution < 1.29 is 14.1 Å². The molecule has 24 heavy (non-hydrogen) atoms. The molecule has 2 atom stereocenters. The SMILES string of the molecule is CCN(CC)C(=O)[C@H]1CC(O[Si](C)(C)C(C)(C)C)=CC[C@@H]1[N+](=O)[O-]. The zero-order chi connectivity index (χ0) is 18.7. The van der Waals surface area contributed by atoms with Crippen LogP contribution in [0.2, 0.25) is 18.1 Å². The van der Waals surface area contributed by atoms with Crippen molar-refractivity contribution in [2.45, 2.75) is 71.6 Å². The number of rotatable bonds is 6. The fraction of sp³-hybridized carbons (Fsp3) is 0.824. The van der Waals surface area contributed by atoms with E-state index in [0.717, 1.165) is 5.76 Å². The van der Waals surface area contributed by atoms with E-state index in [1.807, 2.05) is 19.9 Å². The van der Waals surface area contributed by atoms with E-state index in [4.69, 9.17) is 4.43 Å². The summed E-state index contributed by atoms with van der Waals surface area (Å²) in [5.41, 5.74) is 0. The molecule has 0 radical (unpaired) electrons. The second-order valence-electron chi connectivity index (χ2n) is 7.94. The quantitative estimate of drug-likeness (QED) is 0.412. The lowest BCUT2D eigenvalue weighted by molar-refractivity contribution is -0.529. The summed E-state index contributed by atoms with van der Waals surface area (Å²) in [6.07, 6.45) is 2.40. The largest absolute Gasteiger partial charge is 0.547 e. The summed E-state index contributed by atoms with van der Waals surface area (Å²) in [5, 5.41) is 11.4. The molecule has 6 nitrogen and oxygen atoms in total. The first kappa shape index (κ1) is 20.7. The van der Waals surface area contributed by atoms with Gasteiger partial charge in [0.1, 0.15) is 5.92 Å². The minimum Gasteiger partial charge on any atom is -0.547 e. The van der Waals surface area contributed by atoms with Gasteiger partial charge < -0.3 is 9.33 Å². The minimum absolute atomic E-state index is 0.0478. The lowest BCUT2D eigenvalue weighted by Crippen LogP contribution is -2.46. The van der Waals surface area contributed by atoms with Gasteiger partial charge in [0.2, 0.25) is 20.3 Å². The van der Waals surface area contributed by atoms with Crippen LogP contribution >= 0.6 is 0 Å². The third-order valence-corrected chi connectivity index (χ3v) is 9.71. The zero-order valence-electron chi connectivity index (χ0n) is 16.1. The van der Waals surface area contributed by atoms with E-state index in [9.17, 15) is 14.9 Å².